The average molecular weight is 365 g/mol. The Labute approximate surface area is 146 Å². The minimum atomic E-state index is -3.59. The third-order valence-corrected chi connectivity index (χ3v) is 4.84. The van der Waals surface area contributed by atoms with E-state index in [0.29, 0.717) is 5.56 Å². The number of halogens is 1. The van der Waals surface area contributed by atoms with Crippen molar-refractivity contribution in [3.05, 3.63) is 65.7 Å². The Morgan fingerprint density at radius 2 is 2.00 bits per heavy atom. The summed E-state index contributed by atoms with van der Waals surface area (Å²) in [7, 11) is -3.59. The van der Waals surface area contributed by atoms with Crippen LogP contribution in [0.2, 0.25) is 0 Å². The van der Waals surface area contributed by atoms with Gasteiger partial charge in [-0.25, -0.2) is 12.8 Å². The highest BCUT2D eigenvalue weighted by atomic mass is 32.2. The van der Waals surface area contributed by atoms with Gasteiger partial charge in [0.25, 0.3) is 0 Å². The van der Waals surface area contributed by atoms with Crippen LogP contribution in [-0.4, -0.2) is 43.0 Å². The molecule has 1 aromatic heterocycles. The van der Waals surface area contributed by atoms with Crippen molar-refractivity contribution in [1.82, 2.24) is 14.6 Å². The Balaban J connectivity index is 1.93. The van der Waals surface area contributed by atoms with Gasteiger partial charge in [-0.3, -0.25) is 9.78 Å². The summed E-state index contributed by atoms with van der Waals surface area (Å²) in [6.07, 6.45) is 4.46. The first-order chi connectivity index (χ1) is 11.9. The molecule has 8 heteroatoms. The largest absolute Gasteiger partial charge is 0.351 e. The van der Waals surface area contributed by atoms with E-state index in [1.54, 1.807) is 42.7 Å². The Bertz CT molecular complexity index is 813. The summed E-state index contributed by atoms with van der Waals surface area (Å²) in [6, 6.07) is 9.72. The van der Waals surface area contributed by atoms with Crippen LogP contribution < -0.4 is 5.32 Å². The van der Waals surface area contributed by atoms with E-state index < -0.39 is 21.7 Å². The molecule has 2 rings (SSSR count). The quantitative estimate of drug-likeness (QED) is 0.766. The fourth-order valence-corrected chi connectivity index (χ4v) is 3.00. The third kappa shape index (κ3) is 6.24. The van der Waals surface area contributed by atoms with E-state index in [9.17, 15) is 17.6 Å². The number of sulfonamides is 1. The molecule has 0 saturated heterocycles. The molecule has 0 radical (unpaired) electrons. The lowest BCUT2D eigenvalue weighted by molar-refractivity contribution is -0.121. The monoisotopic (exact) mass is 365 g/mol. The number of amides is 1. The van der Waals surface area contributed by atoms with Crippen LogP contribution in [0.15, 0.2) is 48.8 Å². The van der Waals surface area contributed by atoms with Crippen LogP contribution in [0.5, 0.6) is 0 Å². The molecule has 0 spiro atoms. The molecule has 2 aromatic rings. The molecule has 0 fully saturated rings. The number of pyridine rings is 1. The minimum absolute atomic E-state index is 0.0279. The zero-order valence-corrected chi connectivity index (χ0v) is 14.7. The topological polar surface area (TPSA) is 79.4 Å². The molecule has 25 heavy (non-hydrogen) atoms. The van der Waals surface area contributed by atoms with Crippen LogP contribution in [0.1, 0.15) is 11.1 Å². The van der Waals surface area contributed by atoms with Gasteiger partial charge in [0.1, 0.15) is 5.82 Å². The molecule has 6 nitrogen and oxygen atoms in total. The lowest BCUT2D eigenvalue weighted by Crippen LogP contribution is -2.41. The second-order valence-electron chi connectivity index (χ2n) is 5.58. The molecule has 134 valence electrons. The van der Waals surface area contributed by atoms with Crippen molar-refractivity contribution in [2.75, 3.05) is 19.3 Å². The van der Waals surface area contributed by atoms with Gasteiger partial charge < -0.3 is 5.32 Å². The predicted molar refractivity (Wildman–Crippen MR) is 92.6 cm³/mol. The minimum Gasteiger partial charge on any atom is -0.351 e. The highest BCUT2D eigenvalue weighted by molar-refractivity contribution is 7.88. The van der Waals surface area contributed by atoms with Crippen molar-refractivity contribution >= 4 is 15.9 Å². The Hall–Kier alpha value is -2.32. The number of nitrogens with zero attached hydrogens (tertiary/aromatic N) is 2. The number of carbonyl (C=O) groups excluding carboxylic acids is 1. The molecule has 1 amide bonds. The third-order valence-electron chi connectivity index (χ3n) is 3.59. The predicted octanol–water partition coefficient (Wildman–Crippen LogP) is 1.34. The van der Waals surface area contributed by atoms with E-state index in [-0.39, 0.29) is 26.1 Å². The highest BCUT2D eigenvalue weighted by Gasteiger charge is 2.20. The van der Waals surface area contributed by atoms with E-state index >= 15 is 0 Å². The second kappa shape index (κ2) is 8.68. The van der Waals surface area contributed by atoms with Crippen LogP contribution in [0, 0.1) is 5.82 Å². The fourth-order valence-electron chi connectivity index (χ4n) is 2.23. The van der Waals surface area contributed by atoms with Gasteiger partial charge in [0.2, 0.25) is 15.9 Å². The Morgan fingerprint density at radius 1 is 1.24 bits per heavy atom. The number of hydrogen-bond acceptors (Lipinski definition) is 4. The van der Waals surface area contributed by atoms with Crippen LogP contribution in [0.25, 0.3) is 0 Å². The second-order valence-corrected chi connectivity index (χ2v) is 7.56. The summed E-state index contributed by atoms with van der Waals surface area (Å²) in [4.78, 5) is 16.0. The zero-order chi connectivity index (χ0) is 18.3. The number of benzene rings is 1. The maximum absolute atomic E-state index is 13.7. The first-order valence-corrected chi connectivity index (χ1v) is 9.55. The van der Waals surface area contributed by atoms with Crippen molar-refractivity contribution in [1.29, 1.82) is 0 Å². The highest BCUT2D eigenvalue weighted by Crippen LogP contribution is 2.09. The van der Waals surface area contributed by atoms with E-state index in [0.717, 1.165) is 16.1 Å². The summed E-state index contributed by atoms with van der Waals surface area (Å²) in [5.41, 5.74) is 1.22. The number of rotatable bonds is 8. The lowest BCUT2D eigenvalue weighted by atomic mass is 10.1. The molecule has 0 bridgehead atoms. The SMILES string of the molecule is CS(=O)(=O)N(CCc1ccccc1F)CC(=O)NCc1cccnc1. The summed E-state index contributed by atoms with van der Waals surface area (Å²) in [5, 5.41) is 2.65. The summed E-state index contributed by atoms with van der Waals surface area (Å²) in [6.45, 7) is -0.0226. The molecular formula is C17H20FN3O3S. The Kier molecular flexibility index (Phi) is 6.60. The summed E-state index contributed by atoms with van der Waals surface area (Å²) >= 11 is 0. The standard InChI is InChI=1S/C17H20FN3O3S/c1-25(23,24)21(10-8-15-6-2-3-7-16(15)18)13-17(22)20-12-14-5-4-9-19-11-14/h2-7,9,11H,8,10,12-13H2,1H3,(H,20,22). The van der Waals surface area contributed by atoms with Crippen LogP contribution in [-0.2, 0) is 27.8 Å². The van der Waals surface area contributed by atoms with Crippen molar-refractivity contribution in [3.8, 4) is 0 Å². The van der Waals surface area contributed by atoms with Crippen LogP contribution >= 0.6 is 0 Å². The van der Waals surface area contributed by atoms with Gasteiger partial charge in [-0.1, -0.05) is 24.3 Å². The number of nitrogens with one attached hydrogen (secondary N) is 1. The van der Waals surface area contributed by atoms with Crippen molar-refractivity contribution in [2.45, 2.75) is 13.0 Å². The molecule has 1 heterocycles. The van der Waals surface area contributed by atoms with Gasteiger partial charge in [-0.2, -0.15) is 4.31 Å². The normalized spacial score (nSPS) is 11.5. The van der Waals surface area contributed by atoms with E-state index in [1.165, 1.54) is 6.07 Å². The maximum Gasteiger partial charge on any atom is 0.235 e. The van der Waals surface area contributed by atoms with Crippen LogP contribution in [0.4, 0.5) is 4.39 Å². The van der Waals surface area contributed by atoms with Crippen molar-refractivity contribution in [2.24, 2.45) is 0 Å². The number of carbonyl (C=O) groups is 1. The molecular weight excluding hydrogens is 345 g/mol. The smallest absolute Gasteiger partial charge is 0.235 e. The summed E-state index contributed by atoms with van der Waals surface area (Å²) in [5.74, 6) is -0.820. The van der Waals surface area contributed by atoms with Crippen molar-refractivity contribution in [3.63, 3.8) is 0 Å². The van der Waals surface area contributed by atoms with Gasteiger partial charge in [-0.05, 0) is 29.7 Å². The molecule has 1 N–H and O–H groups in total. The molecule has 0 aliphatic rings. The van der Waals surface area contributed by atoms with Crippen molar-refractivity contribution < 1.29 is 17.6 Å². The lowest BCUT2D eigenvalue weighted by Gasteiger charge is -2.19. The number of aromatic nitrogens is 1. The molecule has 0 saturated carbocycles. The van der Waals surface area contributed by atoms with E-state index in [1.807, 2.05) is 0 Å². The first kappa shape index (κ1) is 19.0. The molecule has 0 unspecified atom stereocenters. The first-order valence-electron chi connectivity index (χ1n) is 7.70. The average Bonchev–Trinajstić information content (AvgIpc) is 2.58. The van der Waals surface area contributed by atoms with Gasteiger partial charge >= 0.3 is 0 Å². The Morgan fingerprint density at radius 3 is 2.64 bits per heavy atom. The molecule has 0 aliphatic heterocycles. The molecule has 0 aliphatic carbocycles. The molecule has 1 aromatic carbocycles. The van der Waals surface area contributed by atoms with Gasteiger partial charge in [0, 0.05) is 25.5 Å². The number of hydrogen-bond donors (Lipinski definition) is 1. The van der Waals surface area contributed by atoms with E-state index in [2.05, 4.69) is 10.3 Å². The fraction of sp³-hybridized carbons (Fsp3) is 0.294. The van der Waals surface area contributed by atoms with Gasteiger partial charge in [0.15, 0.2) is 0 Å². The summed E-state index contributed by atoms with van der Waals surface area (Å²) < 4.78 is 38.5. The maximum atomic E-state index is 13.7. The van der Waals surface area contributed by atoms with E-state index in [4.69, 9.17) is 0 Å². The van der Waals surface area contributed by atoms with Gasteiger partial charge in [-0.15, -0.1) is 0 Å². The molecule has 0 atom stereocenters. The van der Waals surface area contributed by atoms with Crippen LogP contribution in [0.3, 0.4) is 0 Å². The van der Waals surface area contributed by atoms with Gasteiger partial charge in [0.05, 0.1) is 12.8 Å². The zero-order valence-electron chi connectivity index (χ0n) is 13.9.